The van der Waals surface area contributed by atoms with Crippen LogP contribution in [0.5, 0.6) is 0 Å². The van der Waals surface area contributed by atoms with Gasteiger partial charge < -0.3 is 0 Å². The third-order valence-electron chi connectivity index (χ3n) is 2.12. The Balaban J connectivity index is 0.000000980. The monoisotopic (exact) mass is 223 g/mol. The molecule has 0 unspecified atom stereocenters. The second-order valence-electron chi connectivity index (χ2n) is 2.93. The molecule has 1 aromatic rings. The van der Waals surface area contributed by atoms with Gasteiger partial charge in [0.25, 0.3) is 0 Å². The fraction of sp³-hybridized carbons (Fsp3) is 0.250. The Morgan fingerprint density at radius 1 is 1.29 bits per heavy atom. The van der Waals surface area contributed by atoms with Crippen LogP contribution < -0.4 is 4.31 Å². The Hall–Kier alpha value is -0.0700. The van der Waals surface area contributed by atoms with Crippen LogP contribution in [-0.2, 0) is 16.7 Å². The van der Waals surface area contributed by atoms with Gasteiger partial charge in [-0.05, 0) is 18.1 Å². The van der Waals surface area contributed by atoms with Gasteiger partial charge in [0, 0.05) is 6.54 Å². The zero-order chi connectivity index (χ0) is 9.47. The Kier molecular flexibility index (Phi) is 3.60. The number of nitrogens with zero attached hydrogens (tertiary/aromatic N) is 1. The fourth-order valence-corrected chi connectivity index (χ4v) is 2.30. The van der Waals surface area contributed by atoms with E-state index in [0.717, 1.165) is 9.87 Å². The molecule has 0 spiro atoms. The summed E-state index contributed by atoms with van der Waals surface area (Å²) in [7, 11) is -4.08. The molecule has 14 heavy (non-hydrogen) atoms. The van der Waals surface area contributed by atoms with Gasteiger partial charge in [-0.2, -0.15) is 8.42 Å². The summed E-state index contributed by atoms with van der Waals surface area (Å²) >= 11 is 0. The standard InChI is InChI=1S/C8H9NO3S.Na.H/c10-13(11,12)9-6-5-7-3-1-2-4-8(7)9;;/h1-4H,5-6H2,(H,10,11,12);;. The SMILES string of the molecule is O=S(=O)(O)N1CCc2ccccc21.[NaH]. The van der Waals surface area contributed by atoms with E-state index in [2.05, 4.69) is 0 Å². The molecule has 0 saturated carbocycles. The van der Waals surface area contributed by atoms with Crippen LogP contribution in [0.1, 0.15) is 5.56 Å². The van der Waals surface area contributed by atoms with Gasteiger partial charge in [-0.25, -0.2) is 4.31 Å². The van der Waals surface area contributed by atoms with Crippen LogP contribution in [0.25, 0.3) is 0 Å². The van der Waals surface area contributed by atoms with Crippen LogP contribution in [0.2, 0.25) is 0 Å². The van der Waals surface area contributed by atoms with E-state index in [1.807, 2.05) is 12.1 Å². The van der Waals surface area contributed by atoms with Gasteiger partial charge in [-0.1, -0.05) is 18.2 Å². The van der Waals surface area contributed by atoms with Crippen LogP contribution >= 0.6 is 0 Å². The Bertz CT molecular complexity index is 432. The zero-order valence-corrected chi connectivity index (χ0v) is 7.66. The van der Waals surface area contributed by atoms with Gasteiger partial charge in [0.1, 0.15) is 0 Å². The number of para-hydroxylation sites is 1. The Labute approximate surface area is 105 Å². The number of benzene rings is 1. The molecule has 0 bridgehead atoms. The van der Waals surface area contributed by atoms with Gasteiger partial charge in [-0.15, -0.1) is 0 Å². The second-order valence-corrected chi connectivity index (χ2v) is 4.27. The van der Waals surface area contributed by atoms with Crippen molar-refractivity contribution >= 4 is 45.5 Å². The minimum atomic E-state index is -4.08. The number of anilines is 1. The first-order valence-corrected chi connectivity index (χ1v) is 5.32. The molecule has 1 heterocycles. The molecule has 0 amide bonds. The Morgan fingerprint density at radius 3 is 2.57 bits per heavy atom. The van der Waals surface area contributed by atoms with Gasteiger partial charge in [0.05, 0.1) is 5.69 Å². The predicted octanol–water partition coefficient (Wildman–Crippen LogP) is 0.203. The van der Waals surface area contributed by atoms with Gasteiger partial charge in [0.15, 0.2) is 0 Å². The van der Waals surface area contributed by atoms with E-state index in [9.17, 15) is 8.42 Å². The maximum absolute atomic E-state index is 10.9. The summed E-state index contributed by atoms with van der Waals surface area (Å²) in [5.41, 5.74) is 1.55. The number of hydrogen-bond donors (Lipinski definition) is 1. The molecule has 6 heteroatoms. The van der Waals surface area contributed by atoms with E-state index in [1.165, 1.54) is 0 Å². The zero-order valence-electron chi connectivity index (χ0n) is 6.84. The summed E-state index contributed by atoms with van der Waals surface area (Å²) in [5.74, 6) is 0. The summed E-state index contributed by atoms with van der Waals surface area (Å²) in [6.07, 6.45) is 0.663. The molecule has 0 aliphatic carbocycles. The van der Waals surface area contributed by atoms with E-state index in [1.54, 1.807) is 12.1 Å². The first-order valence-electron chi connectivity index (χ1n) is 3.92. The first kappa shape index (κ1) is 12.0. The van der Waals surface area contributed by atoms with Crippen LogP contribution in [0.3, 0.4) is 0 Å². The molecule has 0 fully saturated rings. The molecule has 2 rings (SSSR count). The molecule has 1 aromatic carbocycles. The topological polar surface area (TPSA) is 57.6 Å². The quantitative estimate of drug-likeness (QED) is 0.546. The molecule has 0 saturated heterocycles. The summed E-state index contributed by atoms with van der Waals surface area (Å²) in [6.45, 7) is 0.332. The van der Waals surface area contributed by atoms with Crippen molar-refractivity contribution in [2.75, 3.05) is 10.8 Å². The molecule has 1 aliphatic heterocycles. The summed E-state index contributed by atoms with van der Waals surface area (Å²) in [6, 6.07) is 7.16. The van der Waals surface area contributed by atoms with E-state index in [-0.39, 0.29) is 29.6 Å². The van der Waals surface area contributed by atoms with Crippen molar-refractivity contribution in [3.63, 3.8) is 0 Å². The van der Waals surface area contributed by atoms with Crippen molar-refractivity contribution in [1.29, 1.82) is 0 Å². The molecule has 1 aliphatic rings. The van der Waals surface area contributed by atoms with Crippen LogP contribution in [0, 0.1) is 0 Å². The van der Waals surface area contributed by atoms with Gasteiger partial charge in [-0.3, -0.25) is 4.55 Å². The molecular weight excluding hydrogens is 213 g/mol. The summed E-state index contributed by atoms with van der Waals surface area (Å²) in [4.78, 5) is 0. The van der Waals surface area contributed by atoms with Crippen LogP contribution in [0.15, 0.2) is 24.3 Å². The minimum absolute atomic E-state index is 0. The molecular formula is C8H10NNaO3S. The maximum atomic E-state index is 10.9. The number of rotatable bonds is 1. The van der Waals surface area contributed by atoms with Crippen molar-refractivity contribution < 1.29 is 13.0 Å². The van der Waals surface area contributed by atoms with Crippen molar-refractivity contribution in [2.45, 2.75) is 6.42 Å². The Morgan fingerprint density at radius 2 is 1.93 bits per heavy atom. The molecule has 4 nitrogen and oxygen atoms in total. The van der Waals surface area contributed by atoms with E-state index < -0.39 is 10.3 Å². The van der Waals surface area contributed by atoms with Gasteiger partial charge in [0.2, 0.25) is 0 Å². The van der Waals surface area contributed by atoms with Crippen molar-refractivity contribution in [1.82, 2.24) is 0 Å². The van der Waals surface area contributed by atoms with Gasteiger partial charge >= 0.3 is 39.9 Å². The van der Waals surface area contributed by atoms with Crippen molar-refractivity contribution in [2.24, 2.45) is 0 Å². The fourth-order valence-electron chi connectivity index (χ4n) is 1.55. The average Bonchev–Trinajstić information content (AvgIpc) is 2.45. The molecule has 0 aromatic heterocycles. The van der Waals surface area contributed by atoms with E-state index in [0.29, 0.717) is 18.7 Å². The third-order valence-corrected chi connectivity index (χ3v) is 3.06. The summed E-state index contributed by atoms with van der Waals surface area (Å²) in [5, 5.41) is 0. The first-order chi connectivity index (χ1) is 6.09. The average molecular weight is 223 g/mol. The van der Waals surface area contributed by atoms with Crippen molar-refractivity contribution in [3.8, 4) is 0 Å². The predicted molar refractivity (Wildman–Crippen MR) is 56.2 cm³/mol. The van der Waals surface area contributed by atoms with Crippen LogP contribution in [-0.4, -0.2) is 49.1 Å². The van der Waals surface area contributed by atoms with Crippen molar-refractivity contribution in [3.05, 3.63) is 29.8 Å². The number of hydrogen-bond acceptors (Lipinski definition) is 2. The summed E-state index contributed by atoms with van der Waals surface area (Å²) < 4.78 is 31.6. The molecule has 0 atom stereocenters. The second kappa shape index (κ2) is 4.20. The normalized spacial score (nSPS) is 14.8. The molecule has 72 valence electrons. The van der Waals surface area contributed by atoms with E-state index >= 15 is 0 Å². The van der Waals surface area contributed by atoms with Crippen LogP contribution in [0.4, 0.5) is 5.69 Å². The third kappa shape index (κ3) is 2.12. The molecule has 0 radical (unpaired) electrons. The number of fused-ring (bicyclic) bond motifs is 1. The molecule has 1 N–H and O–H groups in total. The van der Waals surface area contributed by atoms with E-state index in [4.69, 9.17) is 4.55 Å².